The third-order valence-electron chi connectivity index (χ3n) is 3.96. The van der Waals surface area contributed by atoms with E-state index in [0.29, 0.717) is 35.4 Å². The van der Waals surface area contributed by atoms with Crippen molar-refractivity contribution in [2.45, 2.75) is 0 Å². The molecule has 26 heavy (non-hydrogen) atoms. The number of anilines is 2. The van der Waals surface area contributed by atoms with E-state index in [1.807, 2.05) is 30.3 Å². The van der Waals surface area contributed by atoms with Crippen LogP contribution < -0.4 is 15.0 Å². The molecule has 3 aromatic rings. The number of urea groups is 1. The van der Waals surface area contributed by atoms with Crippen LogP contribution in [0.25, 0.3) is 11.3 Å². The molecule has 0 atom stereocenters. The lowest BCUT2D eigenvalue weighted by atomic mass is 10.1. The zero-order valence-corrected chi connectivity index (χ0v) is 14.5. The number of ether oxygens (including phenoxy) is 1. The van der Waals surface area contributed by atoms with Crippen LogP contribution in [-0.2, 0) is 0 Å². The van der Waals surface area contributed by atoms with Gasteiger partial charge in [0.15, 0.2) is 11.6 Å². The summed E-state index contributed by atoms with van der Waals surface area (Å²) in [4.78, 5) is 22.9. The van der Waals surface area contributed by atoms with E-state index in [9.17, 15) is 4.79 Å². The Hall–Kier alpha value is -3.12. The predicted molar refractivity (Wildman–Crippen MR) is 101 cm³/mol. The molecule has 130 valence electrons. The van der Waals surface area contributed by atoms with Gasteiger partial charge in [0.05, 0.1) is 12.2 Å². The van der Waals surface area contributed by atoms with E-state index in [-0.39, 0.29) is 6.03 Å². The number of pyridine rings is 2. The Morgan fingerprint density at radius 1 is 1.15 bits per heavy atom. The van der Waals surface area contributed by atoms with Crippen molar-refractivity contribution < 1.29 is 9.53 Å². The zero-order chi connectivity index (χ0) is 17.9. The van der Waals surface area contributed by atoms with Crippen molar-refractivity contribution in [2.24, 2.45) is 0 Å². The molecule has 0 saturated carbocycles. The van der Waals surface area contributed by atoms with Crippen molar-refractivity contribution in [1.82, 2.24) is 9.97 Å². The van der Waals surface area contributed by atoms with Crippen LogP contribution >= 0.6 is 11.6 Å². The number of fused-ring (bicyclic) bond motifs is 1. The highest BCUT2D eigenvalue weighted by Gasteiger charge is 2.26. The fraction of sp³-hybridized carbons (Fsp3) is 0.105. The Morgan fingerprint density at radius 3 is 2.81 bits per heavy atom. The zero-order valence-electron chi connectivity index (χ0n) is 13.7. The molecule has 1 N–H and O–H groups in total. The first-order valence-corrected chi connectivity index (χ1v) is 8.47. The Bertz CT molecular complexity index is 949. The number of nitrogens with one attached hydrogen (secondary N) is 1. The molecule has 3 heterocycles. The predicted octanol–water partition coefficient (Wildman–Crippen LogP) is 4.23. The normalized spacial score (nSPS) is 12.9. The van der Waals surface area contributed by atoms with E-state index in [1.54, 1.807) is 35.5 Å². The molecule has 0 saturated heterocycles. The van der Waals surface area contributed by atoms with E-state index in [0.717, 1.165) is 11.3 Å². The van der Waals surface area contributed by atoms with Gasteiger partial charge in [0.2, 0.25) is 0 Å². The number of benzene rings is 1. The van der Waals surface area contributed by atoms with Gasteiger partial charge in [-0.1, -0.05) is 23.7 Å². The van der Waals surface area contributed by atoms with Gasteiger partial charge in [-0.3, -0.25) is 9.88 Å². The van der Waals surface area contributed by atoms with Crippen LogP contribution in [0.5, 0.6) is 5.75 Å². The molecule has 6 nitrogen and oxygen atoms in total. The summed E-state index contributed by atoms with van der Waals surface area (Å²) in [5, 5.41) is 3.48. The summed E-state index contributed by atoms with van der Waals surface area (Å²) in [5.41, 5.74) is 2.27. The maximum Gasteiger partial charge on any atom is 0.327 e. The summed E-state index contributed by atoms with van der Waals surface area (Å²) >= 11 is 6.08. The highest BCUT2D eigenvalue weighted by Crippen LogP contribution is 2.33. The topological polar surface area (TPSA) is 67.4 Å². The molecule has 1 aromatic carbocycles. The van der Waals surface area contributed by atoms with E-state index in [2.05, 4.69) is 15.3 Å². The smallest absolute Gasteiger partial charge is 0.327 e. The second-order valence-electron chi connectivity index (χ2n) is 5.69. The van der Waals surface area contributed by atoms with Gasteiger partial charge in [-0.2, -0.15) is 0 Å². The van der Waals surface area contributed by atoms with Gasteiger partial charge in [-0.25, -0.2) is 9.78 Å². The molecule has 1 aliphatic rings. The Labute approximate surface area is 155 Å². The lowest BCUT2D eigenvalue weighted by Crippen LogP contribution is -2.41. The Morgan fingerprint density at radius 2 is 2.00 bits per heavy atom. The molecule has 1 aliphatic heterocycles. The van der Waals surface area contributed by atoms with Crippen molar-refractivity contribution in [1.29, 1.82) is 0 Å². The molecule has 0 fully saturated rings. The molecular weight excluding hydrogens is 352 g/mol. The van der Waals surface area contributed by atoms with Gasteiger partial charge in [-0.15, -0.1) is 0 Å². The van der Waals surface area contributed by atoms with Crippen LogP contribution in [0.4, 0.5) is 16.3 Å². The van der Waals surface area contributed by atoms with Gasteiger partial charge in [0.25, 0.3) is 0 Å². The molecule has 0 bridgehead atoms. The molecular formula is C19H15ClN4O2. The number of hydrogen-bond acceptors (Lipinski definition) is 4. The first-order chi connectivity index (χ1) is 12.7. The van der Waals surface area contributed by atoms with Gasteiger partial charge in [0, 0.05) is 28.7 Å². The average molecular weight is 367 g/mol. The van der Waals surface area contributed by atoms with Crippen molar-refractivity contribution >= 4 is 29.1 Å². The average Bonchev–Trinajstić information content (AvgIpc) is 2.68. The van der Waals surface area contributed by atoms with Gasteiger partial charge in [-0.05, 0) is 36.4 Å². The number of amides is 2. The molecule has 7 heteroatoms. The summed E-state index contributed by atoms with van der Waals surface area (Å²) < 4.78 is 5.65. The number of aromatic nitrogens is 2. The van der Waals surface area contributed by atoms with Crippen LogP contribution in [-0.4, -0.2) is 29.2 Å². The Balaban J connectivity index is 1.66. The monoisotopic (exact) mass is 366 g/mol. The van der Waals surface area contributed by atoms with Gasteiger partial charge in [0.1, 0.15) is 6.61 Å². The number of rotatable bonds is 2. The maximum absolute atomic E-state index is 12.7. The summed E-state index contributed by atoms with van der Waals surface area (Å²) in [6.45, 7) is 0.824. The lowest BCUT2D eigenvalue weighted by Gasteiger charge is -2.28. The van der Waals surface area contributed by atoms with E-state index >= 15 is 0 Å². The quantitative estimate of drug-likeness (QED) is 0.737. The molecule has 0 radical (unpaired) electrons. The number of halogens is 1. The molecule has 0 aliphatic carbocycles. The van der Waals surface area contributed by atoms with Crippen LogP contribution in [0.1, 0.15) is 0 Å². The van der Waals surface area contributed by atoms with E-state index in [1.165, 1.54) is 0 Å². The van der Waals surface area contributed by atoms with E-state index in [4.69, 9.17) is 16.3 Å². The summed E-state index contributed by atoms with van der Waals surface area (Å²) in [6, 6.07) is 14.3. The highest BCUT2D eigenvalue weighted by atomic mass is 35.5. The molecule has 0 spiro atoms. The fourth-order valence-corrected chi connectivity index (χ4v) is 2.92. The highest BCUT2D eigenvalue weighted by molar-refractivity contribution is 6.30. The first-order valence-electron chi connectivity index (χ1n) is 8.09. The standard InChI is InChI=1S/C19H15ClN4O2/c20-14-3-1-2-13(12-14)16-4-5-17-18(23-16)24(10-11-26-17)19(25)22-15-6-8-21-9-7-15/h1-9,12H,10-11H2,(H,21,22,25). The van der Waals surface area contributed by atoms with E-state index < -0.39 is 0 Å². The molecule has 0 unspecified atom stereocenters. The SMILES string of the molecule is O=C(Nc1ccncc1)N1CCOc2ccc(-c3cccc(Cl)c3)nc21. The minimum Gasteiger partial charge on any atom is -0.488 e. The van der Waals surface area contributed by atoms with Crippen molar-refractivity contribution in [3.8, 4) is 17.0 Å². The fourth-order valence-electron chi connectivity index (χ4n) is 2.73. The van der Waals surface area contributed by atoms with Gasteiger partial charge >= 0.3 is 6.03 Å². The van der Waals surface area contributed by atoms with Crippen LogP contribution in [0, 0.1) is 0 Å². The van der Waals surface area contributed by atoms with Crippen LogP contribution in [0.15, 0.2) is 60.9 Å². The first kappa shape index (κ1) is 16.4. The summed E-state index contributed by atoms with van der Waals surface area (Å²) in [5.74, 6) is 1.06. The largest absolute Gasteiger partial charge is 0.488 e. The van der Waals surface area contributed by atoms with Crippen molar-refractivity contribution in [2.75, 3.05) is 23.4 Å². The third kappa shape index (κ3) is 3.32. The number of hydrogen-bond donors (Lipinski definition) is 1. The third-order valence-corrected chi connectivity index (χ3v) is 4.20. The number of carbonyl (C=O) groups is 1. The molecule has 2 amide bonds. The lowest BCUT2D eigenvalue weighted by molar-refractivity contribution is 0.249. The summed E-state index contributed by atoms with van der Waals surface area (Å²) in [6.07, 6.45) is 3.25. The second-order valence-corrected chi connectivity index (χ2v) is 6.13. The minimum atomic E-state index is -0.267. The van der Waals surface area contributed by atoms with Crippen LogP contribution in [0.2, 0.25) is 5.02 Å². The number of nitrogens with zero attached hydrogens (tertiary/aromatic N) is 3. The minimum absolute atomic E-state index is 0.267. The Kier molecular flexibility index (Phi) is 4.41. The van der Waals surface area contributed by atoms with Crippen molar-refractivity contribution in [3.63, 3.8) is 0 Å². The van der Waals surface area contributed by atoms with Gasteiger partial charge < -0.3 is 10.1 Å². The maximum atomic E-state index is 12.7. The van der Waals surface area contributed by atoms with Crippen molar-refractivity contribution in [3.05, 3.63) is 65.9 Å². The summed E-state index contributed by atoms with van der Waals surface area (Å²) in [7, 11) is 0. The van der Waals surface area contributed by atoms with Crippen LogP contribution in [0.3, 0.4) is 0 Å². The second kappa shape index (κ2) is 7.01. The molecule has 4 rings (SSSR count). The molecule has 2 aromatic heterocycles. The number of carbonyl (C=O) groups excluding carboxylic acids is 1.